The Hall–Kier alpha value is -1.90. The van der Waals surface area contributed by atoms with E-state index in [1.54, 1.807) is 12.4 Å². The zero-order valence-electron chi connectivity index (χ0n) is 10.3. The topological polar surface area (TPSA) is 37.8 Å². The minimum Gasteiger partial charge on any atom is -0.385 e. The Labute approximate surface area is 107 Å². The third-order valence-corrected chi connectivity index (χ3v) is 3.44. The number of nitrogens with one attached hydrogen (secondary N) is 1. The maximum atomic E-state index is 4.32. The van der Waals surface area contributed by atoms with Crippen LogP contribution >= 0.6 is 0 Å². The Balaban J connectivity index is 1.69. The largest absolute Gasteiger partial charge is 0.385 e. The SMILES string of the molecule is C1=CCC(CNc2ccc3nccnc3c2)CC1. The van der Waals surface area contributed by atoms with Gasteiger partial charge >= 0.3 is 0 Å². The Morgan fingerprint density at radius 1 is 1.11 bits per heavy atom. The monoisotopic (exact) mass is 239 g/mol. The molecular formula is C15H17N3. The summed E-state index contributed by atoms with van der Waals surface area (Å²) in [5, 5.41) is 3.50. The molecule has 1 atom stereocenters. The number of hydrogen-bond donors (Lipinski definition) is 1. The van der Waals surface area contributed by atoms with Gasteiger partial charge in [0.05, 0.1) is 11.0 Å². The maximum Gasteiger partial charge on any atom is 0.0907 e. The van der Waals surface area contributed by atoms with Crippen LogP contribution in [0.4, 0.5) is 5.69 Å². The maximum absolute atomic E-state index is 4.32. The van der Waals surface area contributed by atoms with E-state index in [4.69, 9.17) is 0 Å². The van der Waals surface area contributed by atoms with Crippen LogP contribution in [-0.2, 0) is 0 Å². The van der Waals surface area contributed by atoms with Crippen molar-refractivity contribution in [1.82, 2.24) is 9.97 Å². The summed E-state index contributed by atoms with van der Waals surface area (Å²) in [5.74, 6) is 0.757. The molecule has 3 rings (SSSR count). The first-order chi connectivity index (χ1) is 8.92. The lowest BCUT2D eigenvalue weighted by atomic mass is 9.94. The van der Waals surface area contributed by atoms with Gasteiger partial charge in [-0.3, -0.25) is 9.97 Å². The fourth-order valence-electron chi connectivity index (χ4n) is 2.38. The van der Waals surface area contributed by atoms with Gasteiger partial charge in [-0.25, -0.2) is 0 Å². The van der Waals surface area contributed by atoms with E-state index in [-0.39, 0.29) is 0 Å². The van der Waals surface area contributed by atoms with E-state index >= 15 is 0 Å². The average Bonchev–Trinajstić information content (AvgIpc) is 2.46. The summed E-state index contributed by atoms with van der Waals surface area (Å²) >= 11 is 0. The van der Waals surface area contributed by atoms with E-state index in [0.29, 0.717) is 0 Å². The van der Waals surface area contributed by atoms with Gasteiger partial charge < -0.3 is 5.32 Å². The van der Waals surface area contributed by atoms with Crippen molar-refractivity contribution in [2.45, 2.75) is 19.3 Å². The zero-order valence-corrected chi connectivity index (χ0v) is 10.3. The number of benzene rings is 1. The molecule has 3 heteroatoms. The molecule has 92 valence electrons. The first-order valence-corrected chi connectivity index (χ1v) is 6.51. The van der Waals surface area contributed by atoms with Crippen LogP contribution in [0.5, 0.6) is 0 Å². The molecule has 0 bridgehead atoms. The molecule has 1 aliphatic carbocycles. The molecule has 1 aliphatic rings. The van der Waals surface area contributed by atoms with Gasteiger partial charge in [0.2, 0.25) is 0 Å². The zero-order chi connectivity index (χ0) is 12.2. The standard InChI is InChI=1S/C15H17N3/c1-2-4-12(5-3-1)11-18-13-6-7-14-15(10-13)17-9-8-16-14/h1-2,6-10,12,18H,3-5,11H2. The lowest BCUT2D eigenvalue weighted by molar-refractivity contribution is 0.504. The van der Waals surface area contributed by atoms with E-state index in [2.05, 4.69) is 39.6 Å². The van der Waals surface area contributed by atoms with Crippen molar-refractivity contribution in [3.63, 3.8) is 0 Å². The molecule has 0 spiro atoms. The minimum absolute atomic E-state index is 0.757. The fraction of sp³-hybridized carbons (Fsp3) is 0.333. The van der Waals surface area contributed by atoms with Gasteiger partial charge in [-0.1, -0.05) is 12.2 Å². The van der Waals surface area contributed by atoms with Crippen LogP contribution in [0, 0.1) is 5.92 Å². The molecule has 0 saturated heterocycles. The summed E-state index contributed by atoms with van der Waals surface area (Å²) in [5.41, 5.74) is 3.03. The quantitative estimate of drug-likeness (QED) is 0.834. The fourth-order valence-corrected chi connectivity index (χ4v) is 2.38. The van der Waals surface area contributed by atoms with Gasteiger partial charge in [0.25, 0.3) is 0 Å². The van der Waals surface area contributed by atoms with Crippen LogP contribution in [-0.4, -0.2) is 16.5 Å². The molecule has 2 aromatic rings. The summed E-state index contributed by atoms with van der Waals surface area (Å²) in [6.07, 6.45) is 11.7. The summed E-state index contributed by atoms with van der Waals surface area (Å²) in [7, 11) is 0. The normalized spacial score (nSPS) is 19.0. The molecule has 1 heterocycles. The summed E-state index contributed by atoms with van der Waals surface area (Å²) in [6, 6.07) is 6.17. The van der Waals surface area contributed by atoms with E-state index in [9.17, 15) is 0 Å². The highest BCUT2D eigenvalue weighted by molar-refractivity contribution is 5.78. The average molecular weight is 239 g/mol. The Kier molecular flexibility index (Phi) is 3.22. The Morgan fingerprint density at radius 3 is 2.83 bits per heavy atom. The van der Waals surface area contributed by atoms with Gasteiger partial charge in [0.1, 0.15) is 0 Å². The van der Waals surface area contributed by atoms with Crippen molar-refractivity contribution in [3.05, 3.63) is 42.7 Å². The smallest absolute Gasteiger partial charge is 0.0907 e. The molecule has 3 nitrogen and oxygen atoms in total. The number of allylic oxidation sites excluding steroid dienone is 2. The van der Waals surface area contributed by atoms with E-state index < -0.39 is 0 Å². The van der Waals surface area contributed by atoms with Crippen LogP contribution in [0.3, 0.4) is 0 Å². The van der Waals surface area contributed by atoms with Crippen molar-refractivity contribution in [1.29, 1.82) is 0 Å². The van der Waals surface area contributed by atoms with Gasteiger partial charge in [-0.15, -0.1) is 0 Å². The van der Waals surface area contributed by atoms with Gasteiger partial charge in [0.15, 0.2) is 0 Å². The molecule has 1 aromatic heterocycles. The van der Waals surface area contributed by atoms with Gasteiger partial charge in [0, 0.05) is 24.6 Å². The van der Waals surface area contributed by atoms with E-state index in [1.807, 2.05) is 6.07 Å². The Bertz CT molecular complexity index is 562. The van der Waals surface area contributed by atoms with E-state index in [0.717, 1.165) is 29.2 Å². The Morgan fingerprint density at radius 2 is 2.00 bits per heavy atom. The van der Waals surface area contributed by atoms with Crippen molar-refractivity contribution in [2.24, 2.45) is 5.92 Å². The van der Waals surface area contributed by atoms with Crippen molar-refractivity contribution in [2.75, 3.05) is 11.9 Å². The number of rotatable bonds is 3. The molecule has 0 fully saturated rings. The lowest BCUT2D eigenvalue weighted by Crippen LogP contribution is -2.15. The number of nitrogens with zero attached hydrogens (tertiary/aromatic N) is 2. The van der Waals surface area contributed by atoms with Crippen LogP contribution in [0.25, 0.3) is 11.0 Å². The molecule has 18 heavy (non-hydrogen) atoms. The number of anilines is 1. The van der Waals surface area contributed by atoms with Gasteiger partial charge in [-0.2, -0.15) is 0 Å². The van der Waals surface area contributed by atoms with Crippen LogP contribution in [0.1, 0.15) is 19.3 Å². The van der Waals surface area contributed by atoms with Crippen LogP contribution in [0.2, 0.25) is 0 Å². The molecule has 0 saturated carbocycles. The highest BCUT2D eigenvalue weighted by Crippen LogP contribution is 2.20. The van der Waals surface area contributed by atoms with Crippen LogP contribution < -0.4 is 5.32 Å². The lowest BCUT2D eigenvalue weighted by Gasteiger charge is -2.18. The second kappa shape index (κ2) is 5.17. The predicted octanol–water partition coefficient (Wildman–Crippen LogP) is 3.40. The molecule has 0 aliphatic heterocycles. The van der Waals surface area contributed by atoms with Gasteiger partial charge in [-0.05, 0) is 43.4 Å². The summed E-state index contributed by atoms with van der Waals surface area (Å²) < 4.78 is 0. The molecule has 0 amide bonds. The molecule has 1 unspecified atom stereocenters. The van der Waals surface area contributed by atoms with Crippen LogP contribution in [0.15, 0.2) is 42.7 Å². The van der Waals surface area contributed by atoms with E-state index in [1.165, 1.54) is 19.3 Å². The first-order valence-electron chi connectivity index (χ1n) is 6.51. The number of hydrogen-bond acceptors (Lipinski definition) is 3. The molecule has 0 radical (unpaired) electrons. The second-order valence-electron chi connectivity index (χ2n) is 4.79. The highest BCUT2D eigenvalue weighted by atomic mass is 14.9. The summed E-state index contributed by atoms with van der Waals surface area (Å²) in [4.78, 5) is 8.60. The van der Waals surface area contributed by atoms with Crippen molar-refractivity contribution >= 4 is 16.7 Å². The summed E-state index contributed by atoms with van der Waals surface area (Å²) in [6.45, 7) is 1.04. The van der Waals surface area contributed by atoms with Crippen molar-refractivity contribution in [3.8, 4) is 0 Å². The predicted molar refractivity (Wildman–Crippen MR) is 74.5 cm³/mol. The first kappa shape index (κ1) is 11.2. The number of aromatic nitrogens is 2. The molecule has 1 N–H and O–H groups in total. The molecular weight excluding hydrogens is 222 g/mol. The second-order valence-corrected chi connectivity index (χ2v) is 4.79. The molecule has 1 aromatic carbocycles. The number of fused-ring (bicyclic) bond motifs is 1. The minimum atomic E-state index is 0.757. The third kappa shape index (κ3) is 2.50. The third-order valence-electron chi connectivity index (χ3n) is 3.44. The highest BCUT2D eigenvalue weighted by Gasteiger charge is 2.09. The van der Waals surface area contributed by atoms with Crippen molar-refractivity contribution < 1.29 is 0 Å².